The molecule has 5 heteroatoms. The van der Waals surface area contributed by atoms with Gasteiger partial charge in [-0.3, -0.25) is 0 Å². The summed E-state index contributed by atoms with van der Waals surface area (Å²) < 4.78 is 2.84. The summed E-state index contributed by atoms with van der Waals surface area (Å²) in [4.78, 5) is 4.47. The Hall–Kier alpha value is -1.10. The normalized spacial score (nSPS) is 18.6. The van der Waals surface area contributed by atoms with Crippen LogP contribution in [0, 0.1) is 5.92 Å². The molecule has 102 valence electrons. The van der Waals surface area contributed by atoms with Crippen molar-refractivity contribution in [3.05, 3.63) is 23.1 Å². The Kier molecular flexibility index (Phi) is 3.73. The van der Waals surface area contributed by atoms with Gasteiger partial charge in [0.1, 0.15) is 5.52 Å². The monoisotopic (exact) mass is 322 g/mol. The van der Waals surface area contributed by atoms with Gasteiger partial charge in [-0.05, 0) is 41.6 Å². The zero-order chi connectivity index (χ0) is 13.2. The summed E-state index contributed by atoms with van der Waals surface area (Å²) in [6.45, 7) is 2.27. The fourth-order valence-electron chi connectivity index (χ4n) is 2.98. The van der Waals surface area contributed by atoms with E-state index in [4.69, 9.17) is 0 Å². The molecule has 0 spiro atoms. The second kappa shape index (κ2) is 5.49. The summed E-state index contributed by atoms with van der Waals surface area (Å²) in [6, 6.07) is 0.459. The van der Waals surface area contributed by atoms with Gasteiger partial charge in [-0.25, -0.2) is 9.50 Å². The Morgan fingerprint density at radius 3 is 2.95 bits per heavy atom. The average molecular weight is 323 g/mol. The molecule has 3 rings (SSSR count). The quantitative estimate of drug-likeness (QED) is 0.932. The highest BCUT2D eigenvalue weighted by Crippen LogP contribution is 2.29. The van der Waals surface area contributed by atoms with E-state index >= 15 is 0 Å². The lowest BCUT2D eigenvalue weighted by Gasteiger charge is -2.28. The molecule has 4 nitrogen and oxygen atoms in total. The van der Waals surface area contributed by atoms with Crippen molar-refractivity contribution in [2.24, 2.45) is 5.92 Å². The Balaban J connectivity index is 1.82. The lowest BCUT2D eigenvalue weighted by atomic mass is 9.84. The molecular formula is C14H19BrN4. The molecule has 1 saturated carbocycles. The van der Waals surface area contributed by atoms with Crippen LogP contribution in [0.2, 0.25) is 0 Å². The van der Waals surface area contributed by atoms with Crippen molar-refractivity contribution in [2.75, 3.05) is 5.32 Å². The lowest BCUT2D eigenvalue weighted by Crippen LogP contribution is -2.28. The van der Waals surface area contributed by atoms with E-state index in [1.807, 2.05) is 16.9 Å². The number of fused-ring (bicyclic) bond motifs is 1. The van der Waals surface area contributed by atoms with Crippen LogP contribution in [0.15, 0.2) is 23.1 Å². The molecule has 0 radical (unpaired) electrons. The first-order valence-corrected chi connectivity index (χ1v) is 7.79. The van der Waals surface area contributed by atoms with Crippen molar-refractivity contribution in [3.8, 4) is 0 Å². The van der Waals surface area contributed by atoms with E-state index in [2.05, 4.69) is 38.3 Å². The molecular weight excluding hydrogens is 304 g/mol. The van der Waals surface area contributed by atoms with E-state index in [0.717, 1.165) is 21.7 Å². The van der Waals surface area contributed by atoms with E-state index < -0.39 is 0 Å². The Morgan fingerprint density at radius 2 is 2.16 bits per heavy atom. The van der Waals surface area contributed by atoms with Gasteiger partial charge in [-0.15, -0.1) is 0 Å². The minimum absolute atomic E-state index is 0.459. The standard InChI is InChI=1S/C14H19BrN4/c1-10(11-5-3-2-4-6-11)18-14-13-12(15)9-17-19(13)8-7-16-14/h7-11H,2-6H2,1H3,(H,16,18). The van der Waals surface area contributed by atoms with Gasteiger partial charge in [0.15, 0.2) is 5.82 Å². The average Bonchev–Trinajstić information content (AvgIpc) is 2.83. The maximum absolute atomic E-state index is 4.47. The van der Waals surface area contributed by atoms with Gasteiger partial charge in [-0.1, -0.05) is 19.3 Å². The number of nitrogens with zero attached hydrogens (tertiary/aromatic N) is 3. The van der Waals surface area contributed by atoms with Crippen molar-refractivity contribution >= 4 is 27.3 Å². The molecule has 0 aliphatic heterocycles. The van der Waals surface area contributed by atoms with E-state index in [0.29, 0.717) is 6.04 Å². The number of halogens is 1. The topological polar surface area (TPSA) is 42.2 Å². The lowest BCUT2D eigenvalue weighted by molar-refractivity contribution is 0.328. The molecule has 0 amide bonds. The van der Waals surface area contributed by atoms with Crippen LogP contribution in [0.5, 0.6) is 0 Å². The summed E-state index contributed by atoms with van der Waals surface area (Å²) in [7, 11) is 0. The number of hydrogen-bond donors (Lipinski definition) is 1. The first-order chi connectivity index (χ1) is 9.25. The highest BCUT2D eigenvalue weighted by molar-refractivity contribution is 9.10. The molecule has 19 heavy (non-hydrogen) atoms. The minimum atomic E-state index is 0.459. The van der Waals surface area contributed by atoms with Crippen molar-refractivity contribution in [2.45, 2.75) is 45.1 Å². The van der Waals surface area contributed by atoms with E-state index in [1.165, 1.54) is 32.1 Å². The number of hydrogen-bond acceptors (Lipinski definition) is 3. The third-order valence-electron chi connectivity index (χ3n) is 4.11. The fourth-order valence-corrected chi connectivity index (χ4v) is 3.44. The largest absolute Gasteiger partial charge is 0.366 e. The maximum atomic E-state index is 4.47. The molecule has 0 saturated heterocycles. The fraction of sp³-hybridized carbons (Fsp3) is 0.571. The van der Waals surface area contributed by atoms with Gasteiger partial charge < -0.3 is 5.32 Å². The molecule has 2 heterocycles. The predicted octanol–water partition coefficient (Wildman–Crippen LogP) is 3.87. The van der Waals surface area contributed by atoms with Crippen LogP contribution < -0.4 is 5.32 Å². The van der Waals surface area contributed by atoms with Gasteiger partial charge >= 0.3 is 0 Å². The number of nitrogens with one attached hydrogen (secondary N) is 1. The Morgan fingerprint density at radius 1 is 1.37 bits per heavy atom. The van der Waals surface area contributed by atoms with Crippen LogP contribution in [0.4, 0.5) is 5.82 Å². The second-order valence-corrected chi connectivity index (χ2v) is 6.25. The Labute approximate surface area is 121 Å². The zero-order valence-corrected chi connectivity index (χ0v) is 12.7. The van der Waals surface area contributed by atoms with Gasteiger partial charge in [0.2, 0.25) is 0 Å². The zero-order valence-electron chi connectivity index (χ0n) is 11.1. The van der Waals surface area contributed by atoms with Crippen molar-refractivity contribution in [1.29, 1.82) is 0 Å². The number of anilines is 1. The molecule has 1 fully saturated rings. The maximum Gasteiger partial charge on any atom is 0.153 e. The molecule has 1 atom stereocenters. The summed E-state index contributed by atoms with van der Waals surface area (Å²) >= 11 is 3.54. The van der Waals surface area contributed by atoms with Crippen LogP contribution in [-0.4, -0.2) is 20.6 Å². The van der Waals surface area contributed by atoms with E-state index in [-0.39, 0.29) is 0 Å². The summed E-state index contributed by atoms with van der Waals surface area (Å²) in [6.07, 6.45) is 12.3. The van der Waals surface area contributed by atoms with Crippen LogP contribution in [-0.2, 0) is 0 Å². The molecule has 0 bridgehead atoms. The molecule has 1 aliphatic carbocycles. The molecule has 2 aromatic heterocycles. The van der Waals surface area contributed by atoms with E-state index in [1.54, 1.807) is 6.20 Å². The molecule has 1 aliphatic rings. The third kappa shape index (κ3) is 2.61. The number of rotatable bonds is 3. The number of aromatic nitrogens is 3. The van der Waals surface area contributed by atoms with Crippen LogP contribution >= 0.6 is 15.9 Å². The highest BCUT2D eigenvalue weighted by atomic mass is 79.9. The second-order valence-electron chi connectivity index (χ2n) is 5.39. The van der Waals surface area contributed by atoms with Crippen LogP contribution in [0.1, 0.15) is 39.0 Å². The van der Waals surface area contributed by atoms with E-state index in [9.17, 15) is 0 Å². The van der Waals surface area contributed by atoms with Gasteiger partial charge in [0.25, 0.3) is 0 Å². The first kappa shape index (κ1) is 12.9. The van der Waals surface area contributed by atoms with Gasteiger partial charge in [0.05, 0.1) is 10.7 Å². The Bertz CT molecular complexity index is 560. The van der Waals surface area contributed by atoms with Gasteiger partial charge in [-0.2, -0.15) is 5.10 Å². The van der Waals surface area contributed by atoms with Crippen molar-refractivity contribution in [1.82, 2.24) is 14.6 Å². The van der Waals surface area contributed by atoms with Crippen molar-refractivity contribution < 1.29 is 0 Å². The molecule has 1 N–H and O–H groups in total. The molecule has 2 aromatic rings. The minimum Gasteiger partial charge on any atom is -0.366 e. The first-order valence-electron chi connectivity index (χ1n) is 7.00. The summed E-state index contributed by atoms with van der Waals surface area (Å²) in [5, 5.41) is 7.87. The highest BCUT2D eigenvalue weighted by Gasteiger charge is 2.21. The third-order valence-corrected chi connectivity index (χ3v) is 4.69. The molecule has 1 unspecified atom stereocenters. The summed E-state index contributed by atoms with van der Waals surface area (Å²) in [5.41, 5.74) is 1.02. The van der Waals surface area contributed by atoms with Gasteiger partial charge in [0, 0.05) is 18.4 Å². The van der Waals surface area contributed by atoms with Crippen LogP contribution in [0.25, 0.3) is 5.52 Å². The SMILES string of the molecule is CC(Nc1nccn2ncc(Br)c12)C1CCCCC1. The van der Waals surface area contributed by atoms with Crippen molar-refractivity contribution in [3.63, 3.8) is 0 Å². The summed E-state index contributed by atoms with van der Waals surface area (Å²) in [5.74, 6) is 1.68. The van der Waals surface area contributed by atoms with Crippen LogP contribution in [0.3, 0.4) is 0 Å². The predicted molar refractivity (Wildman–Crippen MR) is 80.3 cm³/mol. The smallest absolute Gasteiger partial charge is 0.153 e. The molecule has 0 aromatic carbocycles.